The van der Waals surface area contributed by atoms with E-state index in [9.17, 15) is 0 Å². The Labute approximate surface area is 118 Å². The van der Waals surface area contributed by atoms with Crippen molar-refractivity contribution in [2.45, 2.75) is 57.4 Å². The van der Waals surface area contributed by atoms with Crippen LogP contribution in [0.25, 0.3) is 0 Å². The quantitative estimate of drug-likeness (QED) is 0.664. The van der Waals surface area contributed by atoms with Gasteiger partial charge in [0, 0.05) is 12.1 Å². The van der Waals surface area contributed by atoms with E-state index in [1.54, 1.807) is 0 Å². The molecule has 0 radical (unpaired) electrons. The lowest BCUT2D eigenvalue weighted by Crippen LogP contribution is -2.40. The molecule has 2 saturated carbocycles. The summed E-state index contributed by atoms with van der Waals surface area (Å²) in [5, 5.41) is 9.12. The molecule has 0 aromatic heterocycles. The van der Waals surface area contributed by atoms with Crippen molar-refractivity contribution < 1.29 is 5.11 Å². The molecule has 0 aliphatic heterocycles. The molecule has 2 rings (SSSR count). The maximum absolute atomic E-state index is 9.12. The van der Waals surface area contributed by atoms with Gasteiger partial charge < -0.3 is 15.7 Å². The van der Waals surface area contributed by atoms with E-state index < -0.39 is 0 Å². The summed E-state index contributed by atoms with van der Waals surface area (Å²) in [6.07, 6.45) is 9.23. The standard InChI is InChI=1S/C16H32N2O/c1-16(17,12-19)7-3-4-8-18(2)11-15-10-13-5-6-14(15)9-13/h13-15,19H,3-12,17H2,1-2H3. The number of rotatable bonds is 8. The van der Waals surface area contributed by atoms with E-state index in [4.69, 9.17) is 10.8 Å². The van der Waals surface area contributed by atoms with Crippen LogP contribution in [0.2, 0.25) is 0 Å². The molecule has 19 heavy (non-hydrogen) atoms. The second-order valence-electron chi connectivity index (χ2n) is 7.47. The molecule has 0 aromatic rings. The minimum atomic E-state index is -0.386. The molecular weight excluding hydrogens is 236 g/mol. The summed E-state index contributed by atoms with van der Waals surface area (Å²) >= 11 is 0. The number of hydrogen-bond donors (Lipinski definition) is 2. The van der Waals surface area contributed by atoms with E-state index in [2.05, 4.69) is 11.9 Å². The van der Waals surface area contributed by atoms with Crippen LogP contribution in [0.3, 0.4) is 0 Å². The monoisotopic (exact) mass is 268 g/mol. The summed E-state index contributed by atoms with van der Waals surface area (Å²) in [4.78, 5) is 2.51. The third kappa shape index (κ3) is 4.44. The van der Waals surface area contributed by atoms with Gasteiger partial charge in [0.25, 0.3) is 0 Å². The van der Waals surface area contributed by atoms with Crippen molar-refractivity contribution in [1.82, 2.24) is 4.90 Å². The van der Waals surface area contributed by atoms with Crippen LogP contribution >= 0.6 is 0 Å². The van der Waals surface area contributed by atoms with Crippen LogP contribution in [0.4, 0.5) is 0 Å². The fraction of sp³-hybridized carbons (Fsp3) is 1.00. The molecule has 2 fully saturated rings. The second-order valence-corrected chi connectivity index (χ2v) is 7.47. The van der Waals surface area contributed by atoms with Gasteiger partial charge >= 0.3 is 0 Å². The minimum Gasteiger partial charge on any atom is -0.394 e. The van der Waals surface area contributed by atoms with Crippen molar-refractivity contribution in [1.29, 1.82) is 0 Å². The van der Waals surface area contributed by atoms with Gasteiger partial charge in [0.2, 0.25) is 0 Å². The topological polar surface area (TPSA) is 49.5 Å². The fourth-order valence-electron chi connectivity index (χ4n) is 4.08. The molecular formula is C16H32N2O. The summed E-state index contributed by atoms with van der Waals surface area (Å²) in [6.45, 7) is 4.50. The summed E-state index contributed by atoms with van der Waals surface area (Å²) in [5.74, 6) is 3.07. The highest BCUT2D eigenvalue weighted by molar-refractivity contribution is 4.90. The van der Waals surface area contributed by atoms with Crippen LogP contribution in [0.1, 0.15) is 51.9 Å². The van der Waals surface area contributed by atoms with Crippen LogP contribution in [0.5, 0.6) is 0 Å². The molecule has 2 bridgehead atoms. The predicted molar refractivity (Wildman–Crippen MR) is 80.0 cm³/mol. The maximum atomic E-state index is 9.12. The van der Waals surface area contributed by atoms with Crippen LogP contribution in [-0.2, 0) is 0 Å². The lowest BCUT2D eigenvalue weighted by atomic mass is 9.88. The summed E-state index contributed by atoms with van der Waals surface area (Å²) in [5.41, 5.74) is 5.56. The molecule has 0 amide bonds. The average Bonchev–Trinajstić information content (AvgIpc) is 2.97. The first-order valence-electron chi connectivity index (χ1n) is 8.08. The van der Waals surface area contributed by atoms with Gasteiger partial charge in [-0.2, -0.15) is 0 Å². The summed E-state index contributed by atoms with van der Waals surface area (Å²) in [7, 11) is 2.26. The molecule has 2 aliphatic carbocycles. The third-order valence-corrected chi connectivity index (χ3v) is 5.33. The Kier molecular flexibility index (Phi) is 5.27. The minimum absolute atomic E-state index is 0.0913. The smallest absolute Gasteiger partial charge is 0.0608 e. The number of hydrogen-bond acceptors (Lipinski definition) is 3. The van der Waals surface area contributed by atoms with Crippen LogP contribution in [0, 0.1) is 17.8 Å². The highest BCUT2D eigenvalue weighted by Gasteiger charge is 2.39. The Morgan fingerprint density at radius 3 is 2.63 bits per heavy atom. The molecule has 3 nitrogen and oxygen atoms in total. The van der Waals surface area contributed by atoms with Crippen molar-refractivity contribution in [3.8, 4) is 0 Å². The largest absolute Gasteiger partial charge is 0.394 e. The molecule has 2 aliphatic rings. The SMILES string of the molecule is CN(CCCCC(C)(N)CO)CC1CC2CCC1C2. The van der Waals surface area contributed by atoms with Crippen molar-refractivity contribution in [3.63, 3.8) is 0 Å². The van der Waals surface area contributed by atoms with E-state index in [-0.39, 0.29) is 12.1 Å². The molecule has 3 N–H and O–H groups in total. The predicted octanol–water partition coefficient (Wildman–Crippen LogP) is 2.23. The molecule has 0 saturated heterocycles. The van der Waals surface area contributed by atoms with E-state index in [0.717, 1.165) is 30.6 Å². The molecule has 0 aromatic carbocycles. The Bertz CT molecular complexity index is 280. The zero-order chi connectivity index (χ0) is 13.9. The van der Waals surface area contributed by atoms with Crippen molar-refractivity contribution >= 4 is 0 Å². The molecule has 4 unspecified atom stereocenters. The van der Waals surface area contributed by atoms with Gasteiger partial charge in [0.05, 0.1) is 6.61 Å². The normalized spacial score (nSPS) is 33.0. The summed E-state index contributed by atoms with van der Waals surface area (Å²) in [6, 6.07) is 0. The van der Waals surface area contributed by atoms with Crippen molar-refractivity contribution in [2.24, 2.45) is 23.5 Å². The van der Waals surface area contributed by atoms with E-state index in [0.29, 0.717) is 0 Å². The average molecular weight is 268 g/mol. The molecule has 112 valence electrons. The first-order chi connectivity index (χ1) is 9.00. The van der Waals surface area contributed by atoms with Gasteiger partial charge in [0.1, 0.15) is 0 Å². The van der Waals surface area contributed by atoms with Gasteiger partial charge in [0.15, 0.2) is 0 Å². The third-order valence-electron chi connectivity index (χ3n) is 5.33. The fourth-order valence-corrected chi connectivity index (χ4v) is 4.08. The lowest BCUT2D eigenvalue weighted by molar-refractivity contribution is 0.190. The van der Waals surface area contributed by atoms with Crippen molar-refractivity contribution in [3.05, 3.63) is 0 Å². The van der Waals surface area contributed by atoms with Crippen LogP contribution in [0.15, 0.2) is 0 Å². The summed E-state index contributed by atoms with van der Waals surface area (Å²) < 4.78 is 0. The highest BCUT2D eigenvalue weighted by atomic mass is 16.3. The second kappa shape index (κ2) is 6.55. The zero-order valence-electron chi connectivity index (χ0n) is 12.8. The molecule has 3 heteroatoms. The van der Waals surface area contributed by atoms with Gasteiger partial charge in [-0.15, -0.1) is 0 Å². The highest BCUT2D eigenvalue weighted by Crippen LogP contribution is 2.48. The van der Waals surface area contributed by atoms with Gasteiger partial charge in [-0.25, -0.2) is 0 Å². The van der Waals surface area contributed by atoms with Crippen LogP contribution < -0.4 is 5.73 Å². The van der Waals surface area contributed by atoms with Crippen molar-refractivity contribution in [2.75, 3.05) is 26.7 Å². The number of nitrogens with two attached hydrogens (primary N) is 1. The van der Waals surface area contributed by atoms with Gasteiger partial charge in [-0.05, 0) is 70.4 Å². The van der Waals surface area contributed by atoms with Gasteiger partial charge in [-0.3, -0.25) is 0 Å². The van der Waals surface area contributed by atoms with E-state index >= 15 is 0 Å². The first-order valence-corrected chi connectivity index (χ1v) is 8.08. The molecule has 0 heterocycles. The molecule has 0 spiro atoms. The maximum Gasteiger partial charge on any atom is 0.0608 e. The zero-order valence-corrected chi connectivity index (χ0v) is 12.8. The Hall–Kier alpha value is -0.120. The number of fused-ring (bicyclic) bond motifs is 2. The Morgan fingerprint density at radius 1 is 1.26 bits per heavy atom. The van der Waals surface area contributed by atoms with E-state index in [1.165, 1.54) is 45.2 Å². The number of aliphatic hydroxyl groups excluding tert-OH is 1. The Morgan fingerprint density at radius 2 is 2.05 bits per heavy atom. The Balaban J connectivity index is 1.56. The number of aliphatic hydroxyl groups is 1. The number of nitrogens with zero attached hydrogens (tertiary/aromatic N) is 1. The van der Waals surface area contributed by atoms with E-state index in [1.807, 2.05) is 6.92 Å². The van der Waals surface area contributed by atoms with Crippen LogP contribution in [-0.4, -0.2) is 42.3 Å². The van der Waals surface area contributed by atoms with Gasteiger partial charge in [-0.1, -0.05) is 12.8 Å². The lowest BCUT2D eigenvalue weighted by Gasteiger charge is -2.27. The first kappa shape index (κ1) is 15.3. The number of unbranched alkanes of at least 4 members (excludes halogenated alkanes) is 1. The molecule has 4 atom stereocenters.